The fourth-order valence-electron chi connectivity index (χ4n) is 1.98. The summed E-state index contributed by atoms with van der Waals surface area (Å²) in [4.78, 5) is 2.30. The Balaban J connectivity index is 2.09. The minimum Gasteiger partial charge on any atom is -0.493 e. The Labute approximate surface area is 104 Å². The van der Waals surface area contributed by atoms with Gasteiger partial charge in [-0.2, -0.15) is 0 Å². The summed E-state index contributed by atoms with van der Waals surface area (Å²) in [7, 11) is 2.12. The number of rotatable bonds is 4. The molecule has 0 aliphatic carbocycles. The Hall–Kier alpha value is -1.06. The predicted molar refractivity (Wildman–Crippen MR) is 70.2 cm³/mol. The van der Waals surface area contributed by atoms with Crippen molar-refractivity contribution in [2.45, 2.75) is 32.4 Å². The highest BCUT2D eigenvalue weighted by Crippen LogP contribution is 2.26. The van der Waals surface area contributed by atoms with Gasteiger partial charge >= 0.3 is 0 Å². The van der Waals surface area contributed by atoms with Crippen LogP contribution in [0.25, 0.3) is 0 Å². The fraction of sp³-hybridized carbons (Fsp3) is 0.571. The molecule has 3 heteroatoms. The second-order valence-corrected chi connectivity index (χ2v) is 5.41. The minimum absolute atomic E-state index is 0.0372. The van der Waals surface area contributed by atoms with E-state index in [-0.39, 0.29) is 5.54 Å². The molecule has 94 valence electrons. The van der Waals surface area contributed by atoms with Gasteiger partial charge in [0.05, 0.1) is 6.61 Å². The maximum absolute atomic E-state index is 5.79. The molecule has 0 bridgehead atoms. The third kappa shape index (κ3) is 2.61. The lowest BCUT2D eigenvalue weighted by atomic mass is 10.0. The highest BCUT2D eigenvalue weighted by Gasteiger charge is 2.22. The lowest BCUT2D eigenvalue weighted by molar-refractivity contribution is 0.155. The van der Waals surface area contributed by atoms with Crippen LogP contribution in [0.2, 0.25) is 0 Å². The first-order chi connectivity index (χ1) is 8.03. The Bertz CT molecular complexity index is 401. The highest BCUT2D eigenvalue weighted by atomic mass is 16.5. The van der Waals surface area contributed by atoms with Gasteiger partial charge in [0.2, 0.25) is 0 Å². The van der Waals surface area contributed by atoms with Gasteiger partial charge in [-0.1, -0.05) is 12.1 Å². The molecule has 0 saturated heterocycles. The molecule has 0 aromatic heterocycles. The summed E-state index contributed by atoms with van der Waals surface area (Å²) in [6.45, 7) is 6.75. The van der Waals surface area contributed by atoms with Crippen molar-refractivity contribution in [3.8, 4) is 5.75 Å². The zero-order valence-corrected chi connectivity index (χ0v) is 11.0. The van der Waals surface area contributed by atoms with E-state index in [0.29, 0.717) is 6.54 Å². The quantitative estimate of drug-likeness (QED) is 0.863. The minimum atomic E-state index is 0.0372. The van der Waals surface area contributed by atoms with Crippen molar-refractivity contribution in [2.24, 2.45) is 5.73 Å². The SMILES string of the molecule is CN(Cc1ccc2c(c1)CCO2)C(C)(C)CN. The molecule has 0 unspecified atom stereocenters. The summed E-state index contributed by atoms with van der Waals surface area (Å²) < 4.78 is 5.51. The molecule has 1 aromatic rings. The monoisotopic (exact) mass is 234 g/mol. The summed E-state index contributed by atoms with van der Waals surface area (Å²) >= 11 is 0. The zero-order chi connectivity index (χ0) is 12.5. The molecule has 0 spiro atoms. The molecule has 0 radical (unpaired) electrons. The van der Waals surface area contributed by atoms with Gasteiger partial charge in [-0.25, -0.2) is 0 Å². The van der Waals surface area contributed by atoms with Crippen LogP contribution in [0, 0.1) is 0 Å². The van der Waals surface area contributed by atoms with Gasteiger partial charge in [0.25, 0.3) is 0 Å². The largest absolute Gasteiger partial charge is 0.493 e. The molecule has 1 aromatic carbocycles. The van der Waals surface area contributed by atoms with Crippen LogP contribution in [-0.4, -0.2) is 30.6 Å². The first-order valence-electron chi connectivity index (χ1n) is 6.19. The van der Waals surface area contributed by atoms with Gasteiger partial charge in [0, 0.05) is 25.0 Å². The molecule has 2 N–H and O–H groups in total. The number of nitrogens with zero attached hydrogens (tertiary/aromatic N) is 1. The predicted octanol–water partition coefficient (Wildman–Crippen LogP) is 1.79. The van der Waals surface area contributed by atoms with E-state index in [9.17, 15) is 0 Å². The molecule has 0 amide bonds. The van der Waals surface area contributed by atoms with Crippen LogP contribution in [0.5, 0.6) is 5.75 Å². The van der Waals surface area contributed by atoms with E-state index in [1.807, 2.05) is 0 Å². The Morgan fingerprint density at radius 1 is 1.41 bits per heavy atom. The van der Waals surface area contributed by atoms with Gasteiger partial charge in [-0.3, -0.25) is 4.90 Å². The molecule has 0 atom stereocenters. The third-order valence-corrected chi connectivity index (χ3v) is 3.71. The average Bonchev–Trinajstić information content (AvgIpc) is 2.76. The number of hydrogen-bond acceptors (Lipinski definition) is 3. The summed E-state index contributed by atoms with van der Waals surface area (Å²) in [5, 5.41) is 0. The number of fused-ring (bicyclic) bond motifs is 1. The van der Waals surface area contributed by atoms with Crippen LogP contribution in [0.1, 0.15) is 25.0 Å². The van der Waals surface area contributed by atoms with Crippen molar-refractivity contribution in [1.29, 1.82) is 0 Å². The average molecular weight is 234 g/mol. The van der Waals surface area contributed by atoms with Crippen molar-refractivity contribution >= 4 is 0 Å². The molecule has 2 rings (SSSR count). The van der Waals surface area contributed by atoms with E-state index < -0.39 is 0 Å². The molecular formula is C14H22N2O. The fourth-order valence-corrected chi connectivity index (χ4v) is 1.98. The summed E-state index contributed by atoms with van der Waals surface area (Å²) in [6, 6.07) is 6.49. The van der Waals surface area contributed by atoms with E-state index >= 15 is 0 Å². The van der Waals surface area contributed by atoms with Crippen LogP contribution < -0.4 is 10.5 Å². The second kappa shape index (κ2) is 4.67. The second-order valence-electron chi connectivity index (χ2n) is 5.41. The molecule has 3 nitrogen and oxygen atoms in total. The lowest BCUT2D eigenvalue weighted by Crippen LogP contribution is -2.46. The number of likely N-dealkylation sites (N-methyl/N-ethyl adjacent to an activating group) is 1. The van der Waals surface area contributed by atoms with Crippen molar-refractivity contribution in [1.82, 2.24) is 4.90 Å². The van der Waals surface area contributed by atoms with Crippen LogP contribution in [0.4, 0.5) is 0 Å². The van der Waals surface area contributed by atoms with Crippen LogP contribution >= 0.6 is 0 Å². The third-order valence-electron chi connectivity index (χ3n) is 3.71. The first-order valence-corrected chi connectivity index (χ1v) is 6.19. The number of ether oxygens (including phenoxy) is 1. The molecule has 0 fully saturated rings. The number of nitrogens with two attached hydrogens (primary N) is 1. The number of hydrogen-bond donors (Lipinski definition) is 1. The van der Waals surface area contributed by atoms with Gasteiger partial charge in [-0.15, -0.1) is 0 Å². The van der Waals surface area contributed by atoms with Gasteiger partial charge in [0.1, 0.15) is 5.75 Å². The topological polar surface area (TPSA) is 38.5 Å². The highest BCUT2D eigenvalue weighted by molar-refractivity contribution is 5.39. The smallest absolute Gasteiger partial charge is 0.122 e. The first kappa shape index (κ1) is 12.4. The Kier molecular flexibility index (Phi) is 3.40. The van der Waals surface area contributed by atoms with Crippen LogP contribution in [0.3, 0.4) is 0 Å². The summed E-state index contributed by atoms with van der Waals surface area (Å²) in [5.41, 5.74) is 8.49. The van der Waals surface area contributed by atoms with E-state index in [4.69, 9.17) is 10.5 Å². The van der Waals surface area contributed by atoms with E-state index in [1.54, 1.807) is 0 Å². The Morgan fingerprint density at radius 2 is 2.18 bits per heavy atom. The zero-order valence-electron chi connectivity index (χ0n) is 11.0. The van der Waals surface area contributed by atoms with Crippen molar-refractivity contribution in [2.75, 3.05) is 20.2 Å². The van der Waals surface area contributed by atoms with Crippen LogP contribution in [0.15, 0.2) is 18.2 Å². The van der Waals surface area contributed by atoms with Gasteiger partial charge < -0.3 is 10.5 Å². The number of benzene rings is 1. The molecule has 0 saturated carbocycles. The molecular weight excluding hydrogens is 212 g/mol. The molecule has 1 aliphatic rings. The lowest BCUT2D eigenvalue weighted by Gasteiger charge is -2.34. The summed E-state index contributed by atoms with van der Waals surface area (Å²) in [5.74, 6) is 1.05. The van der Waals surface area contributed by atoms with Crippen molar-refractivity contribution in [3.63, 3.8) is 0 Å². The maximum atomic E-state index is 5.79. The van der Waals surface area contributed by atoms with Crippen molar-refractivity contribution < 1.29 is 4.74 Å². The molecule has 1 heterocycles. The van der Waals surface area contributed by atoms with E-state index in [0.717, 1.165) is 25.3 Å². The summed E-state index contributed by atoms with van der Waals surface area (Å²) in [6.07, 6.45) is 1.03. The van der Waals surface area contributed by atoms with Gasteiger partial charge in [-0.05, 0) is 38.1 Å². The standard InChI is InChI=1S/C14H22N2O/c1-14(2,10-15)16(3)9-11-4-5-13-12(8-11)6-7-17-13/h4-5,8H,6-7,9-10,15H2,1-3H3. The van der Waals surface area contributed by atoms with Gasteiger partial charge in [0.15, 0.2) is 0 Å². The van der Waals surface area contributed by atoms with E-state index in [1.165, 1.54) is 11.1 Å². The molecule has 17 heavy (non-hydrogen) atoms. The normalized spacial score (nSPS) is 14.9. The van der Waals surface area contributed by atoms with Crippen molar-refractivity contribution in [3.05, 3.63) is 29.3 Å². The molecule has 1 aliphatic heterocycles. The Morgan fingerprint density at radius 3 is 2.88 bits per heavy atom. The maximum Gasteiger partial charge on any atom is 0.122 e. The van der Waals surface area contributed by atoms with Crippen LogP contribution in [-0.2, 0) is 13.0 Å². The van der Waals surface area contributed by atoms with E-state index in [2.05, 4.69) is 44.0 Å².